The second-order valence-electron chi connectivity index (χ2n) is 15.8. The predicted octanol–water partition coefficient (Wildman–Crippen LogP) is 18.9. The average molecular weight is 833 g/mol. The minimum absolute atomic E-state index is 0.568. The SMILES string of the molecule is C=C.C=C.CC.CC1=CC(C)C=C(c2ccc(C)cc2)CC1.Cc1c2c(cc3ccccc13)CCC=C2.Cc1ccc(C)cc1.Cc1cccc2ccccc12.Cc1ccccc1. The molecule has 328 valence electrons. The molecule has 63 heavy (non-hydrogen) atoms. The molecule has 2 aliphatic rings. The Labute approximate surface area is 384 Å². The number of rotatable bonds is 1. The Kier molecular flexibility index (Phi) is 25.1. The zero-order valence-corrected chi connectivity index (χ0v) is 40.5. The molecule has 1 atom stereocenters. The Morgan fingerprint density at radius 3 is 1.51 bits per heavy atom. The summed E-state index contributed by atoms with van der Waals surface area (Å²) in [6.07, 6.45) is 14.1. The quantitative estimate of drug-likeness (QED) is 0.145. The highest BCUT2D eigenvalue weighted by atomic mass is 14.2. The van der Waals surface area contributed by atoms with E-state index in [1.807, 2.05) is 32.0 Å². The highest BCUT2D eigenvalue weighted by Gasteiger charge is 2.10. The second kappa shape index (κ2) is 29.9. The third-order valence-electron chi connectivity index (χ3n) is 10.7. The van der Waals surface area contributed by atoms with Gasteiger partial charge in [0, 0.05) is 0 Å². The van der Waals surface area contributed by atoms with Crippen LogP contribution in [-0.4, -0.2) is 0 Å². The minimum Gasteiger partial charge on any atom is -0.106 e. The summed E-state index contributed by atoms with van der Waals surface area (Å²) in [5, 5.41) is 5.45. The third kappa shape index (κ3) is 18.3. The van der Waals surface area contributed by atoms with Gasteiger partial charge in [0.2, 0.25) is 0 Å². The van der Waals surface area contributed by atoms with Crippen LogP contribution in [0.5, 0.6) is 0 Å². The lowest BCUT2D eigenvalue weighted by molar-refractivity contribution is 0.924. The summed E-state index contributed by atoms with van der Waals surface area (Å²) >= 11 is 0. The van der Waals surface area contributed by atoms with Crippen LogP contribution in [0.1, 0.15) is 97.0 Å². The Bertz CT molecular complexity index is 2410. The fourth-order valence-corrected chi connectivity index (χ4v) is 7.37. The van der Waals surface area contributed by atoms with E-state index in [0.717, 1.165) is 0 Å². The van der Waals surface area contributed by atoms with Gasteiger partial charge in [0.05, 0.1) is 0 Å². The summed E-state index contributed by atoms with van der Waals surface area (Å²) in [6.45, 7) is 33.3. The van der Waals surface area contributed by atoms with Gasteiger partial charge in [-0.1, -0.05) is 225 Å². The maximum absolute atomic E-state index is 3.00. The summed E-state index contributed by atoms with van der Waals surface area (Å²) in [4.78, 5) is 0. The normalized spacial score (nSPS) is 12.9. The molecule has 9 rings (SSSR count). The first-order valence-corrected chi connectivity index (χ1v) is 22.7. The Hall–Kier alpha value is -6.24. The van der Waals surface area contributed by atoms with Gasteiger partial charge in [0.1, 0.15) is 0 Å². The molecule has 2 aliphatic carbocycles. The molecular formula is C63H76. The molecule has 0 radical (unpaired) electrons. The van der Waals surface area contributed by atoms with Gasteiger partial charge in [-0.05, 0) is 135 Å². The van der Waals surface area contributed by atoms with Crippen LogP contribution in [0.2, 0.25) is 0 Å². The molecule has 0 saturated carbocycles. The van der Waals surface area contributed by atoms with Crippen molar-refractivity contribution in [2.45, 2.75) is 94.9 Å². The number of hydrogen-bond acceptors (Lipinski definition) is 0. The van der Waals surface area contributed by atoms with Crippen molar-refractivity contribution in [2.24, 2.45) is 5.92 Å². The van der Waals surface area contributed by atoms with Crippen molar-refractivity contribution in [2.75, 3.05) is 0 Å². The summed E-state index contributed by atoms with van der Waals surface area (Å²) in [5.41, 5.74) is 15.5. The molecule has 0 aliphatic heterocycles. The predicted molar refractivity (Wildman–Crippen MR) is 287 cm³/mol. The van der Waals surface area contributed by atoms with Crippen molar-refractivity contribution in [1.29, 1.82) is 0 Å². The van der Waals surface area contributed by atoms with Crippen molar-refractivity contribution in [3.05, 3.63) is 252 Å². The van der Waals surface area contributed by atoms with Gasteiger partial charge >= 0.3 is 0 Å². The lowest BCUT2D eigenvalue weighted by Gasteiger charge is -2.15. The smallest absolute Gasteiger partial charge is 0.00733 e. The van der Waals surface area contributed by atoms with Crippen molar-refractivity contribution in [1.82, 2.24) is 0 Å². The number of aryl methyl sites for hydroxylation is 7. The van der Waals surface area contributed by atoms with Gasteiger partial charge < -0.3 is 0 Å². The third-order valence-corrected chi connectivity index (χ3v) is 10.7. The maximum Gasteiger partial charge on any atom is -0.00733 e. The molecule has 0 aromatic heterocycles. The van der Waals surface area contributed by atoms with E-state index < -0.39 is 0 Å². The van der Waals surface area contributed by atoms with Crippen LogP contribution in [0, 0.1) is 47.5 Å². The second-order valence-corrected chi connectivity index (χ2v) is 15.8. The Morgan fingerprint density at radius 1 is 0.460 bits per heavy atom. The molecular weight excluding hydrogens is 757 g/mol. The zero-order chi connectivity index (χ0) is 46.6. The fraction of sp³-hybridized carbons (Fsp3) is 0.238. The highest BCUT2D eigenvalue weighted by molar-refractivity contribution is 5.90. The van der Waals surface area contributed by atoms with Gasteiger partial charge in [-0.25, -0.2) is 0 Å². The molecule has 0 heterocycles. The zero-order valence-electron chi connectivity index (χ0n) is 40.5. The van der Waals surface area contributed by atoms with E-state index in [1.54, 1.807) is 0 Å². The number of hydrogen-bond donors (Lipinski definition) is 0. The number of benzene rings is 7. The first-order chi connectivity index (χ1) is 30.6. The van der Waals surface area contributed by atoms with Crippen LogP contribution in [-0.2, 0) is 6.42 Å². The van der Waals surface area contributed by atoms with Crippen LogP contribution in [0.3, 0.4) is 0 Å². The Morgan fingerprint density at radius 2 is 0.952 bits per heavy atom. The number of fused-ring (bicyclic) bond motifs is 3. The molecule has 0 nitrogen and oxygen atoms in total. The molecule has 0 fully saturated rings. The van der Waals surface area contributed by atoms with Crippen LogP contribution in [0.15, 0.2) is 202 Å². The van der Waals surface area contributed by atoms with Gasteiger partial charge in [0.15, 0.2) is 0 Å². The van der Waals surface area contributed by atoms with Crippen molar-refractivity contribution < 1.29 is 0 Å². The largest absolute Gasteiger partial charge is 0.106 e. The van der Waals surface area contributed by atoms with Crippen LogP contribution < -0.4 is 0 Å². The summed E-state index contributed by atoms with van der Waals surface area (Å²) < 4.78 is 0. The summed E-state index contributed by atoms with van der Waals surface area (Å²) in [6, 6.07) is 53.5. The summed E-state index contributed by atoms with van der Waals surface area (Å²) in [5.74, 6) is 0.568. The molecule has 0 spiro atoms. The van der Waals surface area contributed by atoms with E-state index in [4.69, 9.17) is 0 Å². The molecule has 0 saturated heterocycles. The van der Waals surface area contributed by atoms with Crippen LogP contribution in [0.4, 0.5) is 0 Å². The molecule has 7 aromatic carbocycles. The molecule has 0 bridgehead atoms. The van der Waals surface area contributed by atoms with Crippen LogP contribution in [0.25, 0.3) is 33.2 Å². The van der Waals surface area contributed by atoms with Crippen molar-refractivity contribution in [3.63, 3.8) is 0 Å². The van der Waals surface area contributed by atoms with Crippen molar-refractivity contribution in [3.8, 4) is 0 Å². The van der Waals surface area contributed by atoms with E-state index in [1.165, 1.54) is 108 Å². The van der Waals surface area contributed by atoms with Gasteiger partial charge in [-0.3, -0.25) is 0 Å². The van der Waals surface area contributed by atoms with E-state index >= 15 is 0 Å². The molecule has 0 N–H and O–H groups in total. The van der Waals surface area contributed by atoms with E-state index in [-0.39, 0.29) is 0 Å². The molecule has 0 heteroatoms. The lowest BCUT2D eigenvalue weighted by atomic mass is 9.89. The molecule has 0 amide bonds. The molecule has 7 aromatic rings. The minimum atomic E-state index is 0.568. The standard InChI is InChI=1S/C16H20.C15H14.C11H10.C8H10.C7H8.C2H6.2C2H4/c1-12-4-7-15(8-5-12)16-9-6-13(2)10-14(3)11-16;1-11-14-8-4-2-6-12(14)10-13-7-3-5-9-15(11)13;1-9-5-4-7-10-6-2-3-8-11(9)10;1-7-3-5-8(2)6-4-7;1-7-5-3-2-4-6-7;3*1-2/h4-5,7-8,10-11,14H,6,9H2,1-3H3;2,4-6,8-10H,3,7H2,1H3;2-8H,1H3;3-6H,1-2H3;2-6H,1H3;1-2H3;2*1-2H2. The molecule has 1 unspecified atom stereocenters. The average Bonchev–Trinajstić information content (AvgIpc) is 3.50. The van der Waals surface area contributed by atoms with Gasteiger partial charge in [-0.2, -0.15) is 0 Å². The Balaban J connectivity index is 0.000000270. The van der Waals surface area contributed by atoms with E-state index in [0.29, 0.717) is 5.92 Å². The van der Waals surface area contributed by atoms with Gasteiger partial charge in [-0.15, -0.1) is 26.3 Å². The number of allylic oxidation sites excluding steroid dienone is 5. The lowest BCUT2D eigenvalue weighted by Crippen LogP contribution is -1.97. The fourth-order valence-electron chi connectivity index (χ4n) is 7.37. The van der Waals surface area contributed by atoms with Crippen LogP contribution >= 0.6 is 0 Å². The van der Waals surface area contributed by atoms with Crippen molar-refractivity contribution >= 4 is 33.2 Å². The van der Waals surface area contributed by atoms with E-state index in [2.05, 4.69) is 239 Å². The first kappa shape index (κ1) is 52.9. The highest BCUT2D eigenvalue weighted by Crippen LogP contribution is 2.30. The van der Waals surface area contributed by atoms with Gasteiger partial charge in [0.25, 0.3) is 0 Å². The topological polar surface area (TPSA) is 0 Å². The summed E-state index contributed by atoms with van der Waals surface area (Å²) in [7, 11) is 0. The monoisotopic (exact) mass is 833 g/mol. The van der Waals surface area contributed by atoms with E-state index in [9.17, 15) is 0 Å². The first-order valence-electron chi connectivity index (χ1n) is 22.7. The maximum atomic E-state index is 3.00.